The van der Waals surface area contributed by atoms with Crippen LogP contribution in [0.4, 0.5) is 14.5 Å². The molecule has 0 spiro atoms. The quantitative estimate of drug-likeness (QED) is 0.246. The molecule has 1 N–H and O–H groups in total. The Morgan fingerprint density at radius 2 is 1.74 bits per heavy atom. The summed E-state index contributed by atoms with van der Waals surface area (Å²) >= 11 is 0. The Bertz CT molecular complexity index is 1240. The highest BCUT2D eigenvalue weighted by Crippen LogP contribution is 2.34. The minimum Gasteiger partial charge on any atom is -0.490 e. The van der Waals surface area contributed by atoms with E-state index in [0.29, 0.717) is 24.7 Å². The highest BCUT2D eigenvalue weighted by atomic mass is 19.3. The maximum atomic E-state index is 14.3. The van der Waals surface area contributed by atoms with Crippen molar-refractivity contribution in [3.05, 3.63) is 83.9 Å². The molecule has 7 nitrogen and oxygen atoms in total. The van der Waals surface area contributed by atoms with Crippen LogP contribution in [0.2, 0.25) is 0 Å². The van der Waals surface area contributed by atoms with Crippen molar-refractivity contribution >= 4 is 5.69 Å². The van der Waals surface area contributed by atoms with Crippen LogP contribution in [0.25, 0.3) is 0 Å². The standard InChI is InChI=1S/C33H40F2N2O5/c1-38-18-5-16-37-17-19-39-31-13-8-25(20-30(31)37)22-40-32-21-36-15-14-29(32)26-9-11-28(12-10-26)42-24-33(34,35)23-41-27-6-3-2-4-7-27/h2-4,6-13,20,29,32,36H,5,14-19,21-24H2,1H3. The highest BCUT2D eigenvalue weighted by molar-refractivity contribution is 5.61. The number of hydrogen-bond acceptors (Lipinski definition) is 7. The van der Waals surface area contributed by atoms with Crippen LogP contribution in [0.1, 0.15) is 29.9 Å². The van der Waals surface area contributed by atoms with Crippen LogP contribution in [0.5, 0.6) is 17.2 Å². The average Bonchev–Trinajstić information content (AvgIpc) is 3.03. The first-order valence-corrected chi connectivity index (χ1v) is 14.6. The van der Waals surface area contributed by atoms with E-state index in [4.69, 9.17) is 23.7 Å². The number of nitrogens with one attached hydrogen (secondary N) is 1. The van der Waals surface area contributed by atoms with Crippen molar-refractivity contribution in [2.45, 2.75) is 37.4 Å². The van der Waals surface area contributed by atoms with Crippen LogP contribution >= 0.6 is 0 Å². The van der Waals surface area contributed by atoms with E-state index >= 15 is 0 Å². The van der Waals surface area contributed by atoms with Gasteiger partial charge in [0, 0.05) is 32.7 Å². The van der Waals surface area contributed by atoms with E-state index in [1.807, 2.05) is 18.2 Å². The second-order valence-corrected chi connectivity index (χ2v) is 10.7. The number of benzene rings is 3. The van der Waals surface area contributed by atoms with Gasteiger partial charge in [-0.2, -0.15) is 8.78 Å². The van der Waals surface area contributed by atoms with Gasteiger partial charge >= 0.3 is 5.92 Å². The van der Waals surface area contributed by atoms with E-state index in [1.54, 1.807) is 49.6 Å². The number of piperidine rings is 1. The van der Waals surface area contributed by atoms with Crippen molar-refractivity contribution < 1.29 is 32.5 Å². The molecule has 2 aliphatic heterocycles. The molecule has 0 saturated carbocycles. The van der Waals surface area contributed by atoms with Crippen LogP contribution < -0.4 is 24.4 Å². The summed E-state index contributed by atoms with van der Waals surface area (Å²) in [5, 5.41) is 3.44. The lowest BCUT2D eigenvalue weighted by Gasteiger charge is -2.33. The number of anilines is 1. The second kappa shape index (κ2) is 14.7. The molecule has 226 valence electrons. The Hall–Kier alpha value is -3.40. The van der Waals surface area contributed by atoms with Crippen molar-refractivity contribution in [1.82, 2.24) is 5.32 Å². The first kappa shape index (κ1) is 30.1. The maximum Gasteiger partial charge on any atom is 0.314 e. The molecule has 1 fully saturated rings. The van der Waals surface area contributed by atoms with E-state index < -0.39 is 19.1 Å². The Morgan fingerprint density at radius 1 is 0.976 bits per heavy atom. The van der Waals surface area contributed by atoms with Gasteiger partial charge in [0.25, 0.3) is 0 Å². The van der Waals surface area contributed by atoms with Gasteiger partial charge in [-0.15, -0.1) is 0 Å². The van der Waals surface area contributed by atoms with Gasteiger partial charge in [-0.3, -0.25) is 0 Å². The molecule has 3 aromatic carbocycles. The fourth-order valence-corrected chi connectivity index (χ4v) is 5.38. The first-order valence-electron chi connectivity index (χ1n) is 14.6. The molecule has 0 aromatic heterocycles. The summed E-state index contributed by atoms with van der Waals surface area (Å²) in [6, 6.07) is 22.3. The summed E-state index contributed by atoms with van der Waals surface area (Å²) in [5.74, 6) is -1.22. The van der Waals surface area contributed by atoms with Crippen LogP contribution in [-0.4, -0.2) is 71.7 Å². The molecule has 2 aliphatic rings. The van der Waals surface area contributed by atoms with Crippen LogP contribution in [0, 0.1) is 0 Å². The number of alkyl halides is 2. The van der Waals surface area contributed by atoms with E-state index in [0.717, 1.165) is 68.2 Å². The Kier molecular flexibility index (Phi) is 10.5. The molecule has 42 heavy (non-hydrogen) atoms. The van der Waals surface area contributed by atoms with E-state index in [9.17, 15) is 8.78 Å². The molecule has 0 bridgehead atoms. The summed E-state index contributed by atoms with van der Waals surface area (Å²) in [6.45, 7) is 3.81. The lowest BCUT2D eigenvalue weighted by atomic mass is 9.87. The molecular formula is C33H40F2N2O5. The monoisotopic (exact) mass is 582 g/mol. The van der Waals surface area contributed by atoms with Gasteiger partial charge in [-0.25, -0.2) is 0 Å². The topological polar surface area (TPSA) is 61.4 Å². The zero-order valence-corrected chi connectivity index (χ0v) is 24.1. The summed E-state index contributed by atoms with van der Waals surface area (Å²) in [5.41, 5.74) is 3.31. The molecule has 0 amide bonds. The largest absolute Gasteiger partial charge is 0.490 e. The molecule has 1 saturated heterocycles. The molecular weight excluding hydrogens is 542 g/mol. The number of rotatable bonds is 14. The minimum absolute atomic E-state index is 0.0184. The predicted octanol–water partition coefficient (Wildman–Crippen LogP) is 5.68. The fourth-order valence-electron chi connectivity index (χ4n) is 5.38. The number of nitrogens with zero attached hydrogens (tertiary/aromatic N) is 1. The summed E-state index contributed by atoms with van der Waals surface area (Å²) < 4.78 is 56.9. The second-order valence-electron chi connectivity index (χ2n) is 10.7. The third kappa shape index (κ3) is 8.33. The molecule has 9 heteroatoms. The van der Waals surface area contributed by atoms with E-state index in [1.165, 1.54) is 0 Å². The first-order chi connectivity index (χ1) is 20.5. The van der Waals surface area contributed by atoms with Crippen molar-refractivity contribution in [3.8, 4) is 17.2 Å². The molecule has 3 aromatic rings. The summed E-state index contributed by atoms with van der Waals surface area (Å²) in [6.07, 6.45) is 1.86. The molecule has 2 heterocycles. The highest BCUT2D eigenvalue weighted by Gasteiger charge is 2.32. The summed E-state index contributed by atoms with van der Waals surface area (Å²) in [4.78, 5) is 2.35. The van der Waals surface area contributed by atoms with Crippen molar-refractivity contribution in [2.24, 2.45) is 0 Å². The molecule has 2 atom stereocenters. The molecule has 2 unspecified atom stereocenters. The molecule has 0 aliphatic carbocycles. The molecule has 5 rings (SSSR count). The fraction of sp³-hybridized carbons (Fsp3) is 0.455. The van der Waals surface area contributed by atoms with Gasteiger partial charge < -0.3 is 33.9 Å². The SMILES string of the molecule is COCCCN1CCOc2ccc(COC3CNCCC3c3ccc(OCC(F)(F)COc4ccccc4)cc3)cc21. The van der Waals surface area contributed by atoms with Crippen molar-refractivity contribution in [3.63, 3.8) is 0 Å². The zero-order valence-electron chi connectivity index (χ0n) is 24.1. The van der Waals surface area contributed by atoms with Crippen molar-refractivity contribution in [1.29, 1.82) is 0 Å². The third-order valence-electron chi connectivity index (χ3n) is 7.60. The zero-order chi connectivity index (χ0) is 29.2. The maximum absolute atomic E-state index is 14.3. The summed E-state index contributed by atoms with van der Waals surface area (Å²) in [7, 11) is 1.73. The van der Waals surface area contributed by atoms with Gasteiger partial charge in [-0.05, 0) is 66.9 Å². The average molecular weight is 583 g/mol. The van der Waals surface area contributed by atoms with Gasteiger partial charge in [0.05, 0.1) is 24.9 Å². The third-order valence-corrected chi connectivity index (χ3v) is 7.60. The lowest BCUT2D eigenvalue weighted by molar-refractivity contribution is -0.0728. The number of ether oxygens (including phenoxy) is 5. The molecule has 0 radical (unpaired) electrons. The lowest BCUT2D eigenvalue weighted by Crippen LogP contribution is -2.41. The Morgan fingerprint density at radius 3 is 2.50 bits per heavy atom. The number of para-hydroxylation sites is 1. The van der Waals surface area contributed by atoms with Gasteiger partial charge in [0.15, 0.2) is 13.2 Å². The minimum atomic E-state index is -3.12. The van der Waals surface area contributed by atoms with Gasteiger partial charge in [0.1, 0.15) is 23.9 Å². The van der Waals surface area contributed by atoms with Crippen LogP contribution in [0.15, 0.2) is 72.8 Å². The van der Waals surface area contributed by atoms with E-state index in [2.05, 4.69) is 22.3 Å². The van der Waals surface area contributed by atoms with Crippen molar-refractivity contribution in [2.75, 3.05) is 64.6 Å². The number of methoxy groups -OCH3 is 1. The normalized spacial score (nSPS) is 18.7. The van der Waals surface area contributed by atoms with E-state index in [-0.39, 0.29) is 12.0 Å². The van der Waals surface area contributed by atoms with Gasteiger partial charge in [-0.1, -0.05) is 36.4 Å². The Balaban J connectivity index is 1.15. The predicted molar refractivity (Wildman–Crippen MR) is 158 cm³/mol. The van der Waals surface area contributed by atoms with Crippen LogP contribution in [0.3, 0.4) is 0 Å². The number of fused-ring (bicyclic) bond motifs is 1. The number of hydrogen-bond donors (Lipinski definition) is 1. The van der Waals surface area contributed by atoms with Gasteiger partial charge in [0.2, 0.25) is 0 Å². The number of halogens is 2. The Labute approximate surface area is 246 Å². The van der Waals surface area contributed by atoms with Crippen LogP contribution in [-0.2, 0) is 16.1 Å². The smallest absolute Gasteiger partial charge is 0.314 e.